The zero-order chi connectivity index (χ0) is 13.1. The summed E-state index contributed by atoms with van der Waals surface area (Å²) in [5.41, 5.74) is 2.57. The van der Waals surface area contributed by atoms with Gasteiger partial charge in [0.05, 0.1) is 5.52 Å². The van der Waals surface area contributed by atoms with Crippen LogP contribution in [-0.4, -0.2) is 18.1 Å². The first-order valence-electron chi connectivity index (χ1n) is 7.38. The summed E-state index contributed by atoms with van der Waals surface area (Å²) >= 11 is 0. The Morgan fingerprint density at radius 3 is 3.05 bits per heavy atom. The van der Waals surface area contributed by atoms with Crippen LogP contribution in [0.15, 0.2) is 36.5 Å². The average molecular weight is 254 g/mol. The Balaban J connectivity index is 1.74. The summed E-state index contributed by atoms with van der Waals surface area (Å²) in [6.07, 6.45) is 5.71. The minimum atomic E-state index is 0.820. The van der Waals surface area contributed by atoms with Gasteiger partial charge in [0.2, 0.25) is 0 Å². The zero-order valence-corrected chi connectivity index (χ0v) is 11.6. The van der Waals surface area contributed by atoms with E-state index < -0.39 is 0 Å². The largest absolute Gasteiger partial charge is 0.316 e. The van der Waals surface area contributed by atoms with Gasteiger partial charge in [0.1, 0.15) is 0 Å². The van der Waals surface area contributed by atoms with Gasteiger partial charge in [0.15, 0.2) is 0 Å². The third-order valence-corrected chi connectivity index (χ3v) is 4.51. The maximum absolute atomic E-state index is 4.44. The number of pyridine rings is 1. The lowest BCUT2D eigenvalue weighted by Crippen LogP contribution is -2.35. The van der Waals surface area contributed by atoms with Crippen molar-refractivity contribution < 1.29 is 0 Å². The first kappa shape index (κ1) is 12.6. The van der Waals surface area contributed by atoms with E-state index in [1.807, 2.05) is 6.20 Å². The van der Waals surface area contributed by atoms with Crippen molar-refractivity contribution in [3.05, 3.63) is 42.1 Å². The Kier molecular flexibility index (Phi) is 3.79. The second kappa shape index (κ2) is 5.70. The van der Waals surface area contributed by atoms with Crippen LogP contribution in [0.25, 0.3) is 10.9 Å². The quantitative estimate of drug-likeness (QED) is 0.908. The molecular weight excluding hydrogens is 232 g/mol. The van der Waals surface area contributed by atoms with Crippen molar-refractivity contribution in [2.45, 2.75) is 26.2 Å². The zero-order valence-electron chi connectivity index (χ0n) is 11.6. The Morgan fingerprint density at radius 1 is 1.26 bits per heavy atom. The van der Waals surface area contributed by atoms with Gasteiger partial charge < -0.3 is 5.32 Å². The summed E-state index contributed by atoms with van der Waals surface area (Å²) in [6, 6.07) is 10.7. The number of para-hydroxylation sites is 1. The third-order valence-electron chi connectivity index (χ3n) is 4.51. The van der Waals surface area contributed by atoms with Gasteiger partial charge in [-0.2, -0.15) is 0 Å². The molecule has 0 aliphatic carbocycles. The van der Waals surface area contributed by atoms with Gasteiger partial charge in [-0.15, -0.1) is 0 Å². The molecule has 1 aliphatic rings. The molecule has 0 saturated carbocycles. The smallest absolute Gasteiger partial charge is 0.0704 e. The van der Waals surface area contributed by atoms with E-state index in [-0.39, 0.29) is 0 Å². The maximum atomic E-state index is 4.44. The number of hydrogen-bond donors (Lipinski definition) is 1. The van der Waals surface area contributed by atoms with Crippen LogP contribution in [0.1, 0.15) is 25.3 Å². The van der Waals surface area contributed by atoms with Gasteiger partial charge in [-0.05, 0) is 61.9 Å². The topological polar surface area (TPSA) is 24.9 Å². The SMILES string of the molecule is CC1CCNCC1CCc1ccnc2ccccc12. The summed E-state index contributed by atoms with van der Waals surface area (Å²) in [5.74, 6) is 1.68. The van der Waals surface area contributed by atoms with Gasteiger partial charge in [-0.1, -0.05) is 25.1 Å². The Labute approximate surface area is 115 Å². The summed E-state index contributed by atoms with van der Waals surface area (Å²) in [4.78, 5) is 4.44. The fourth-order valence-electron chi connectivity index (χ4n) is 3.15. The molecule has 0 bridgehead atoms. The van der Waals surface area contributed by atoms with Crippen LogP contribution in [-0.2, 0) is 6.42 Å². The molecule has 2 unspecified atom stereocenters. The van der Waals surface area contributed by atoms with Crippen LogP contribution in [0.3, 0.4) is 0 Å². The molecule has 1 aromatic heterocycles. The van der Waals surface area contributed by atoms with Crippen molar-refractivity contribution in [3.8, 4) is 0 Å². The molecular formula is C17H22N2. The second-order valence-corrected chi connectivity index (χ2v) is 5.76. The summed E-state index contributed by atoms with van der Waals surface area (Å²) in [7, 11) is 0. The first-order chi connectivity index (χ1) is 9.34. The van der Waals surface area contributed by atoms with E-state index in [0.29, 0.717) is 0 Å². The normalized spacial score (nSPS) is 23.6. The highest BCUT2D eigenvalue weighted by molar-refractivity contribution is 5.81. The lowest BCUT2D eigenvalue weighted by Gasteiger charge is -2.29. The van der Waals surface area contributed by atoms with Crippen LogP contribution in [0.4, 0.5) is 0 Å². The second-order valence-electron chi connectivity index (χ2n) is 5.76. The molecule has 2 heterocycles. The van der Waals surface area contributed by atoms with Gasteiger partial charge in [0, 0.05) is 11.6 Å². The number of aryl methyl sites for hydroxylation is 1. The molecule has 1 N–H and O–H groups in total. The number of hydrogen-bond acceptors (Lipinski definition) is 2. The fourth-order valence-corrected chi connectivity index (χ4v) is 3.15. The molecule has 2 nitrogen and oxygen atoms in total. The van der Waals surface area contributed by atoms with Gasteiger partial charge in [-0.3, -0.25) is 4.98 Å². The van der Waals surface area contributed by atoms with Gasteiger partial charge in [-0.25, -0.2) is 0 Å². The molecule has 1 fully saturated rings. The van der Waals surface area contributed by atoms with E-state index in [2.05, 4.69) is 47.6 Å². The number of benzene rings is 1. The van der Waals surface area contributed by atoms with Crippen LogP contribution in [0, 0.1) is 11.8 Å². The van der Waals surface area contributed by atoms with E-state index in [1.54, 1.807) is 0 Å². The van der Waals surface area contributed by atoms with E-state index in [4.69, 9.17) is 0 Å². The van der Waals surface area contributed by atoms with Crippen molar-refractivity contribution in [2.24, 2.45) is 11.8 Å². The molecule has 100 valence electrons. The number of nitrogens with zero attached hydrogens (tertiary/aromatic N) is 1. The van der Waals surface area contributed by atoms with Crippen LogP contribution < -0.4 is 5.32 Å². The van der Waals surface area contributed by atoms with E-state index in [9.17, 15) is 0 Å². The molecule has 1 aliphatic heterocycles. The summed E-state index contributed by atoms with van der Waals surface area (Å²) in [5, 5.41) is 4.85. The van der Waals surface area contributed by atoms with Crippen molar-refractivity contribution >= 4 is 10.9 Å². The molecule has 19 heavy (non-hydrogen) atoms. The van der Waals surface area contributed by atoms with Gasteiger partial charge in [0.25, 0.3) is 0 Å². The van der Waals surface area contributed by atoms with Gasteiger partial charge >= 0.3 is 0 Å². The molecule has 2 atom stereocenters. The molecule has 0 amide bonds. The molecule has 0 radical (unpaired) electrons. The number of rotatable bonds is 3. The van der Waals surface area contributed by atoms with E-state index in [1.165, 1.54) is 43.3 Å². The number of nitrogens with one attached hydrogen (secondary N) is 1. The number of fused-ring (bicyclic) bond motifs is 1. The highest BCUT2D eigenvalue weighted by atomic mass is 14.9. The first-order valence-corrected chi connectivity index (χ1v) is 7.38. The standard InChI is InChI=1S/C17H22N2/c1-13-8-10-18-12-15(13)7-6-14-9-11-19-17-5-3-2-4-16(14)17/h2-5,9,11,13,15,18H,6-8,10,12H2,1H3. The van der Waals surface area contributed by atoms with E-state index in [0.717, 1.165) is 17.4 Å². The van der Waals surface area contributed by atoms with E-state index >= 15 is 0 Å². The van der Waals surface area contributed by atoms with Crippen molar-refractivity contribution in [3.63, 3.8) is 0 Å². The van der Waals surface area contributed by atoms with Crippen LogP contribution in [0.5, 0.6) is 0 Å². The highest BCUT2D eigenvalue weighted by Gasteiger charge is 2.20. The number of aromatic nitrogens is 1. The Hall–Kier alpha value is -1.41. The fraction of sp³-hybridized carbons (Fsp3) is 0.471. The monoisotopic (exact) mass is 254 g/mol. The molecule has 0 spiro atoms. The van der Waals surface area contributed by atoms with Crippen LogP contribution >= 0.6 is 0 Å². The van der Waals surface area contributed by atoms with Crippen LogP contribution in [0.2, 0.25) is 0 Å². The number of piperidine rings is 1. The molecule has 1 saturated heterocycles. The predicted octanol–water partition coefficient (Wildman–Crippen LogP) is 3.41. The highest BCUT2D eigenvalue weighted by Crippen LogP contribution is 2.25. The Bertz CT molecular complexity index is 544. The third kappa shape index (κ3) is 2.79. The average Bonchev–Trinajstić information content (AvgIpc) is 2.46. The molecule has 2 aromatic rings. The summed E-state index contributed by atoms with van der Waals surface area (Å²) in [6.45, 7) is 4.77. The molecule has 3 rings (SSSR count). The minimum Gasteiger partial charge on any atom is -0.316 e. The lowest BCUT2D eigenvalue weighted by molar-refractivity contribution is 0.260. The Morgan fingerprint density at radius 2 is 2.16 bits per heavy atom. The predicted molar refractivity (Wildman–Crippen MR) is 80.2 cm³/mol. The summed E-state index contributed by atoms with van der Waals surface area (Å²) < 4.78 is 0. The van der Waals surface area contributed by atoms with Crippen molar-refractivity contribution in [1.29, 1.82) is 0 Å². The molecule has 2 heteroatoms. The molecule has 1 aromatic carbocycles. The van der Waals surface area contributed by atoms with Crippen molar-refractivity contribution in [1.82, 2.24) is 10.3 Å². The maximum Gasteiger partial charge on any atom is 0.0704 e. The minimum absolute atomic E-state index is 0.820. The lowest BCUT2D eigenvalue weighted by atomic mass is 9.84. The van der Waals surface area contributed by atoms with Crippen molar-refractivity contribution in [2.75, 3.05) is 13.1 Å².